The zero-order valence-corrected chi connectivity index (χ0v) is 11.5. The summed E-state index contributed by atoms with van der Waals surface area (Å²) in [4.78, 5) is 2.29. The van der Waals surface area contributed by atoms with Crippen molar-refractivity contribution in [2.45, 2.75) is 46.5 Å². The van der Waals surface area contributed by atoms with Crippen LogP contribution in [0.5, 0.6) is 0 Å². The van der Waals surface area contributed by atoms with Gasteiger partial charge in [0.1, 0.15) is 0 Å². The predicted octanol–water partition coefficient (Wildman–Crippen LogP) is 3.71. The molecule has 0 saturated heterocycles. The molecule has 0 bridgehead atoms. The molecule has 0 fully saturated rings. The molecule has 0 aromatic carbocycles. The Hall–Kier alpha value is -0.740. The van der Waals surface area contributed by atoms with Crippen molar-refractivity contribution in [3.8, 4) is 11.8 Å². The van der Waals surface area contributed by atoms with Gasteiger partial charge < -0.3 is 0 Å². The molecule has 0 aliphatic carbocycles. The van der Waals surface area contributed by atoms with E-state index in [2.05, 4.69) is 51.1 Å². The second-order valence-electron chi connectivity index (χ2n) is 4.82. The van der Waals surface area contributed by atoms with E-state index in [0.29, 0.717) is 5.92 Å². The molecule has 0 aliphatic rings. The smallest absolute Gasteiger partial charge is 0.0599 e. The zero-order valence-electron chi connectivity index (χ0n) is 11.5. The molecule has 0 aromatic heterocycles. The Kier molecular flexibility index (Phi) is 9.04. The van der Waals surface area contributed by atoms with E-state index < -0.39 is 0 Å². The molecule has 0 amide bonds. The molecule has 16 heavy (non-hydrogen) atoms. The van der Waals surface area contributed by atoms with E-state index >= 15 is 0 Å². The van der Waals surface area contributed by atoms with Crippen molar-refractivity contribution < 1.29 is 0 Å². The molecule has 1 heteroatoms. The molecule has 1 nitrogen and oxygen atoms in total. The summed E-state index contributed by atoms with van der Waals surface area (Å²) in [6.45, 7) is 12.5. The molecule has 0 rings (SSSR count). The van der Waals surface area contributed by atoms with E-state index in [0.717, 1.165) is 19.5 Å². The van der Waals surface area contributed by atoms with Crippen molar-refractivity contribution in [2.24, 2.45) is 5.92 Å². The minimum atomic E-state index is 0.484. The maximum absolute atomic E-state index is 4.08. The summed E-state index contributed by atoms with van der Waals surface area (Å²) in [6, 6.07) is 0. The van der Waals surface area contributed by atoms with Crippen molar-refractivity contribution in [2.75, 3.05) is 20.1 Å². The number of rotatable bonds is 7. The monoisotopic (exact) mass is 221 g/mol. The second-order valence-corrected chi connectivity index (χ2v) is 4.82. The zero-order chi connectivity index (χ0) is 12.4. The van der Waals surface area contributed by atoms with Gasteiger partial charge in [-0.3, -0.25) is 4.90 Å². The second kappa shape index (κ2) is 9.48. The summed E-state index contributed by atoms with van der Waals surface area (Å²) in [5.74, 6) is 6.87. The molecule has 0 atom stereocenters. The number of hydrogen-bond donors (Lipinski definition) is 0. The Morgan fingerprint density at radius 1 is 1.31 bits per heavy atom. The normalized spacial score (nSPS) is 10.4. The lowest BCUT2D eigenvalue weighted by molar-refractivity contribution is 0.368. The average Bonchev–Trinajstić information content (AvgIpc) is 2.17. The quantitative estimate of drug-likeness (QED) is 0.468. The van der Waals surface area contributed by atoms with Gasteiger partial charge in [0.2, 0.25) is 0 Å². The first-order chi connectivity index (χ1) is 7.56. The van der Waals surface area contributed by atoms with Crippen LogP contribution >= 0.6 is 0 Å². The summed E-state index contributed by atoms with van der Waals surface area (Å²) in [5.41, 5.74) is 1.39. The van der Waals surface area contributed by atoms with Crippen LogP contribution in [-0.4, -0.2) is 25.0 Å². The van der Waals surface area contributed by atoms with E-state index in [9.17, 15) is 0 Å². The van der Waals surface area contributed by atoms with Gasteiger partial charge in [0, 0.05) is 5.92 Å². The highest BCUT2D eigenvalue weighted by Crippen LogP contribution is 2.09. The summed E-state index contributed by atoms with van der Waals surface area (Å²) >= 11 is 0. The van der Waals surface area contributed by atoms with E-state index in [1.165, 1.54) is 24.8 Å². The Bertz CT molecular complexity index is 242. The highest BCUT2D eigenvalue weighted by molar-refractivity contribution is 5.03. The van der Waals surface area contributed by atoms with Crippen LogP contribution in [0.25, 0.3) is 0 Å². The fourth-order valence-electron chi connectivity index (χ4n) is 1.54. The highest BCUT2D eigenvalue weighted by Gasteiger charge is 1.97. The van der Waals surface area contributed by atoms with Gasteiger partial charge in [-0.1, -0.05) is 51.2 Å². The van der Waals surface area contributed by atoms with Crippen LogP contribution in [0, 0.1) is 17.8 Å². The van der Waals surface area contributed by atoms with Crippen LogP contribution in [0.3, 0.4) is 0 Å². The van der Waals surface area contributed by atoms with E-state index in [-0.39, 0.29) is 0 Å². The maximum Gasteiger partial charge on any atom is 0.0599 e. The lowest BCUT2D eigenvalue weighted by Gasteiger charge is -2.13. The molecule has 0 heterocycles. The number of allylic oxidation sites excluding steroid dienone is 1. The van der Waals surface area contributed by atoms with E-state index in [1.54, 1.807) is 0 Å². The van der Waals surface area contributed by atoms with Crippen LogP contribution in [0.15, 0.2) is 12.2 Å². The molecule has 0 unspecified atom stereocenters. The van der Waals surface area contributed by atoms with Crippen LogP contribution in [0.4, 0.5) is 0 Å². The van der Waals surface area contributed by atoms with Crippen molar-refractivity contribution in [3.63, 3.8) is 0 Å². The van der Waals surface area contributed by atoms with Gasteiger partial charge in [-0.25, -0.2) is 0 Å². The highest BCUT2D eigenvalue weighted by atomic mass is 15.1. The standard InChI is InChI=1S/C15H27N/c1-6-9-15(4)11-8-13-16(5)12-7-10-14(2)3/h14H,4,6,8-9,11-13H2,1-3,5H3. The molecule has 0 N–H and O–H groups in total. The van der Waals surface area contributed by atoms with Crippen LogP contribution < -0.4 is 0 Å². The van der Waals surface area contributed by atoms with Crippen LogP contribution in [-0.2, 0) is 0 Å². The fraction of sp³-hybridized carbons (Fsp3) is 0.733. The summed E-state index contributed by atoms with van der Waals surface area (Å²) in [6.07, 6.45) is 4.76. The first-order valence-corrected chi connectivity index (χ1v) is 6.39. The molecular weight excluding hydrogens is 194 g/mol. The first-order valence-electron chi connectivity index (χ1n) is 6.39. The maximum atomic E-state index is 4.08. The lowest BCUT2D eigenvalue weighted by Crippen LogP contribution is -2.20. The molecule has 0 aromatic rings. The van der Waals surface area contributed by atoms with Gasteiger partial charge in [-0.05, 0) is 32.9 Å². The molecule has 0 saturated carbocycles. The van der Waals surface area contributed by atoms with Gasteiger partial charge in [0.15, 0.2) is 0 Å². The van der Waals surface area contributed by atoms with Gasteiger partial charge in [0.05, 0.1) is 6.54 Å². The summed E-state index contributed by atoms with van der Waals surface area (Å²) in [5, 5.41) is 0. The van der Waals surface area contributed by atoms with Crippen molar-refractivity contribution in [3.05, 3.63) is 12.2 Å². The Morgan fingerprint density at radius 2 is 2.00 bits per heavy atom. The van der Waals surface area contributed by atoms with E-state index in [4.69, 9.17) is 0 Å². The molecule has 0 aliphatic heterocycles. The van der Waals surface area contributed by atoms with Crippen molar-refractivity contribution in [1.29, 1.82) is 0 Å². The van der Waals surface area contributed by atoms with Gasteiger partial charge in [0.25, 0.3) is 0 Å². The topological polar surface area (TPSA) is 3.24 Å². The van der Waals surface area contributed by atoms with Gasteiger partial charge in [-0.2, -0.15) is 0 Å². The van der Waals surface area contributed by atoms with Gasteiger partial charge in [-0.15, -0.1) is 0 Å². The molecule has 92 valence electrons. The third-order valence-corrected chi connectivity index (χ3v) is 2.41. The summed E-state index contributed by atoms with van der Waals surface area (Å²) in [7, 11) is 2.14. The predicted molar refractivity (Wildman–Crippen MR) is 73.4 cm³/mol. The molecule has 0 radical (unpaired) electrons. The van der Waals surface area contributed by atoms with Gasteiger partial charge >= 0.3 is 0 Å². The average molecular weight is 221 g/mol. The third kappa shape index (κ3) is 9.80. The van der Waals surface area contributed by atoms with Crippen LogP contribution in [0.2, 0.25) is 0 Å². The minimum absolute atomic E-state index is 0.484. The number of nitrogens with zero attached hydrogens (tertiary/aromatic N) is 1. The van der Waals surface area contributed by atoms with Crippen LogP contribution in [0.1, 0.15) is 46.5 Å². The lowest BCUT2D eigenvalue weighted by atomic mass is 10.1. The van der Waals surface area contributed by atoms with Crippen molar-refractivity contribution >= 4 is 0 Å². The van der Waals surface area contributed by atoms with Crippen molar-refractivity contribution in [1.82, 2.24) is 4.90 Å². The molecule has 0 spiro atoms. The summed E-state index contributed by atoms with van der Waals surface area (Å²) < 4.78 is 0. The Morgan fingerprint density at radius 3 is 2.56 bits per heavy atom. The third-order valence-electron chi connectivity index (χ3n) is 2.41. The van der Waals surface area contributed by atoms with E-state index in [1.807, 2.05) is 0 Å². The Balaban J connectivity index is 3.55. The number of hydrogen-bond acceptors (Lipinski definition) is 1. The first kappa shape index (κ1) is 15.3. The largest absolute Gasteiger partial charge is 0.295 e. The fourth-order valence-corrected chi connectivity index (χ4v) is 1.54. The SMILES string of the molecule is C=C(CCC)CCCN(C)CC#CC(C)C. The Labute approximate surface area is 102 Å². The minimum Gasteiger partial charge on any atom is -0.295 e. The molecular formula is C15H27N.